The van der Waals surface area contributed by atoms with Gasteiger partial charge in [0.25, 0.3) is 0 Å². The summed E-state index contributed by atoms with van der Waals surface area (Å²) in [4.78, 5) is 0. The minimum absolute atomic E-state index is 0.189. The summed E-state index contributed by atoms with van der Waals surface area (Å²) < 4.78 is 25.3. The molecule has 0 aromatic heterocycles. The summed E-state index contributed by atoms with van der Waals surface area (Å²) in [6, 6.07) is 7.33. The van der Waals surface area contributed by atoms with Gasteiger partial charge in [0.05, 0.1) is 5.25 Å². The zero-order chi connectivity index (χ0) is 14.5. The molecule has 5 heteroatoms. The van der Waals surface area contributed by atoms with Gasteiger partial charge in [0, 0.05) is 19.2 Å². The first-order chi connectivity index (χ1) is 8.87. The summed E-state index contributed by atoms with van der Waals surface area (Å²) in [6.07, 6.45) is 0. The van der Waals surface area contributed by atoms with Crippen LogP contribution in [0.2, 0.25) is 0 Å². The van der Waals surface area contributed by atoms with E-state index in [9.17, 15) is 8.42 Å². The highest BCUT2D eigenvalue weighted by atomic mass is 32.2. The lowest BCUT2D eigenvalue weighted by Crippen LogP contribution is -2.32. The molecule has 0 bridgehead atoms. The molecule has 4 nitrogen and oxygen atoms in total. The van der Waals surface area contributed by atoms with E-state index in [4.69, 9.17) is 5.11 Å². The molecular formula is C14H19NO3S. The Hall–Kier alpha value is -1.35. The predicted octanol–water partition coefficient (Wildman–Crippen LogP) is 1.20. The summed E-state index contributed by atoms with van der Waals surface area (Å²) in [5.41, 5.74) is 1.64. The zero-order valence-electron chi connectivity index (χ0n) is 11.4. The number of nitrogens with zero attached hydrogens (tertiary/aromatic N) is 1. The molecule has 0 radical (unpaired) electrons. The van der Waals surface area contributed by atoms with E-state index in [-0.39, 0.29) is 6.61 Å². The lowest BCUT2D eigenvalue weighted by molar-refractivity contribution is 0.350. The molecule has 19 heavy (non-hydrogen) atoms. The molecule has 0 atom stereocenters. The van der Waals surface area contributed by atoms with Crippen LogP contribution in [0.3, 0.4) is 0 Å². The molecule has 0 aliphatic heterocycles. The lowest BCUT2D eigenvalue weighted by atomic mass is 10.1. The Balaban J connectivity index is 2.89. The van der Waals surface area contributed by atoms with Gasteiger partial charge in [0.1, 0.15) is 6.61 Å². The Labute approximate surface area is 115 Å². The number of aliphatic hydroxyl groups excluding tert-OH is 1. The highest BCUT2D eigenvalue weighted by molar-refractivity contribution is 7.89. The van der Waals surface area contributed by atoms with E-state index < -0.39 is 15.3 Å². The van der Waals surface area contributed by atoms with Gasteiger partial charge in [-0.25, -0.2) is 12.7 Å². The van der Waals surface area contributed by atoms with Gasteiger partial charge < -0.3 is 5.11 Å². The molecular weight excluding hydrogens is 262 g/mol. The van der Waals surface area contributed by atoms with E-state index in [2.05, 4.69) is 11.8 Å². The van der Waals surface area contributed by atoms with Crippen molar-refractivity contribution in [1.82, 2.24) is 4.31 Å². The lowest BCUT2D eigenvalue weighted by Gasteiger charge is -2.19. The summed E-state index contributed by atoms with van der Waals surface area (Å²) >= 11 is 0. The Kier molecular flexibility index (Phi) is 5.55. The highest BCUT2D eigenvalue weighted by Crippen LogP contribution is 2.12. The number of hydrogen-bond donors (Lipinski definition) is 1. The molecule has 0 saturated carbocycles. The summed E-state index contributed by atoms with van der Waals surface area (Å²) in [6.45, 7) is 3.45. The van der Waals surface area contributed by atoms with Crippen LogP contribution in [-0.4, -0.2) is 36.7 Å². The number of aliphatic hydroxyl groups is 1. The van der Waals surface area contributed by atoms with Crippen LogP contribution in [0.4, 0.5) is 0 Å². The van der Waals surface area contributed by atoms with Gasteiger partial charge in [-0.05, 0) is 31.5 Å². The second kappa shape index (κ2) is 6.71. The summed E-state index contributed by atoms with van der Waals surface area (Å²) in [7, 11) is -1.68. The van der Waals surface area contributed by atoms with Crippen LogP contribution >= 0.6 is 0 Å². The van der Waals surface area contributed by atoms with Crippen molar-refractivity contribution in [3.05, 3.63) is 35.4 Å². The normalized spacial score (nSPS) is 11.5. The van der Waals surface area contributed by atoms with Crippen LogP contribution in [0.1, 0.15) is 25.0 Å². The van der Waals surface area contributed by atoms with Gasteiger partial charge >= 0.3 is 0 Å². The van der Waals surface area contributed by atoms with Crippen molar-refractivity contribution in [2.45, 2.75) is 25.6 Å². The molecule has 1 aromatic rings. The Morgan fingerprint density at radius 3 is 2.63 bits per heavy atom. The van der Waals surface area contributed by atoms with E-state index >= 15 is 0 Å². The molecule has 1 N–H and O–H groups in total. The predicted molar refractivity (Wildman–Crippen MR) is 75.9 cm³/mol. The maximum atomic E-state index is 12.0. The molecule has 0 saturated heterocycles. The number of hydrogen-bond acceptors (Lipinski definition) is 3. The van der Waals surface area contributed by atoms with Crippen molar-refractivity contribution >= 4 is 10.0 Å². The molecule has 0 unspecified atom stereocenters. The molecule has 0 heterocycles. The second-order valence-corrected chi connectivity index (χ2v) is 7.11. The third-order valence-corrected chi connectivity index (χ3v) is 4.86. The van der Waals surface area contributed by atoms with Crippen molar-refractivity contribution in [3.63, 3.8) is 0 Å². The second-order valence-electron chi connectivity index (χ2n) is 4.51. The van der Waals surface area contributed by atoms with Crippen LogP contribution < -0.4 is 0 Å². The summed E-state index contributed by atoms with van der Waals surface area (Å²) in [5.74, 6) is 5.37. The molecule has 1 aromatic carbocycles. The van der Waals surface area contributed by atoms with Gasteiger partial charge in [-0.15, -0.1) is 0 Å². The van der Waals surface area contributed by atoms with Gasteiger partial charge in [0.15, 0.2) is 0 Å². The van der Waals surface area contributed by atoms with Crippen LogP contribution in [0.25, 0.3) is 0 Å². The fourth-order valence-electron chi connectivity index (χ4n) is 1.60. The molecule has 104 valence electrons. The third-order valence-electron chi connectivity index (χ3n) is 2.67. The SMILES string of the molecule is CC(C)S(=O)(=O)N(C)Cc1cccc(C#CCO)c1. The van der Waals surface area contributed by atoms with Crippen LogP contribution in [0, 0.1) is 11.8 Å². The van der Waals surface area contributed by atoms with Crippen molar-refractivity contribution in [3.8, 4) is 11.8 Å². The van der Waals surface area contributed by atoms with Gasteiger partial charge in [-0.3, -0.25) is 0 Å². The largest absolute Gasteiger partial charge is 0.384 e. The molecule has 0 fully saturated rings. The van der Waals surface area contributed by atoms with E-state index in [1.807, 2.05) is 24.3 Å². The summed E-state index contributed by atoms with van der Waals surface area (Å²) in [5, 5.41) is 8.21. The fraction of sp³-hybridized carbons (Fsp3) is 0.429. The first-order valence-corrected chi connectivity index (χ1v) is 7.52. The average Bonchev–Trinajstić information content (AvgIpc) is 2.36. The van der Waals surface area contributed by atoms with Crippen LogP contribution in [0.5, 0.6) is 0 Å². The van der Waals surface area contributed by atoms with E-state index in [0.29, 0.717) is 6.54 Å². The van der Waals surface area contributed by atoms with Crippen molar-refractivity contribution < 1.29 is 13.5 Å². The zero-order valence-corrected chi connectivity index (χ0v) is 12.2. The van der Waals surface area contributed by atoms with Crippen LogP contribution in [-0.2, 0) is 16.6 Å². The van der Waals surface area contributed by atoms with Gasteiger partial charge in [-0.2, -0.15) is 0 Å². The number of sulfonamides is 1. The molecule has 0 amide bonds. The Morgan fingerprint density at radius 2 is 2.05 bits per heavy atom. The number of benzene rings is 1. The molecule has 0 aliphatic rings. The standard InChI is InChI=1S/C14H19NO3S/c1-12(2)19(17,18)15(3)11-14-7-4-6-13(10-14)8-5-9-16/h4,6-7,10,12,16H,9,11H2,1-3H3. The van der Waals surface area contributed by atoms with E-state index in [1.54, 1.807) is 20.9 Å². The number of rotatable bonds is 4. The van der Waals surface area contributed by atoms with Crippen LogP contribution in [0.15, 0.2) is 24.3 Å². The smallest absolute Gasteiger partial charge is 0.216 e. The van der Waals surface area contributed by atoms with Gasteiger partial charge in [-0.1, -0.05) is 24.0 Å². The molecule has 1 rings (SSSR count). The fourth-order valence-corrected chi connectivity index (χ4v) is 2.64. The minimum Gasteiger partial charge on any atom is -0.384 e. The average molecular weight is 281 g/mol. The van der Waals surface area contributed by atoms with E-state index in [0.717, 1.165) is 11.1 Å². The maximum Gasteiger partial charge on any atom is 0.216 e. The third kappa shape index (κ3) is 4.35. The topological polar surface area (TPSA) is 57.6 Å². The highest BCUT2D eigenvalue weighted by Gasteiger charge is 2.21. The van der Waals surface area contributed by atoms with E-state index in [1.165, 1.54) is 4.31 Å². The Morgan fingerprint density at radius 1 is 1.37 bits per heavy atom. The first-order valence-electron chi connectivity index (χ1n) is 6.01. The van der Waals surface area contributed by atoms with Gasteiger partial charge in [0.2, 0.25) is 10.0 Å². The van der Waals surface area contributed by atoms with Crippen molar-refractivity contribution in [2.75, 3.05) is 13.7 Å². The molecule has 0 spiro atoms. The minimum atomic E-state index is -3.25. The monoisotopic (exact) mass is 281 g/mol. The maximum absolute atomic E-state index is 12.0. The first kappa shape index (κ1) is 15.7. The Bertz CT molecular complexity index is 582. The van der Waals surface area contributed by atoms with Crippen molar-refractivity contribution in [2.24, 2.45) is 0 Å². The quantitative estimate of drug-likeness (QED) is 0.844. The molecule has 0 aliphatic carbocycles. The van der Waals surface area contributed by atoms with Crippen molar-refractivity contribution in [1.29, 1.82) is 0 Å².